The van der Waals surface area contributed by atoms with Crippen molar-refractivity contribution < 1.29 is 27.8 Å². The summed E-state index contributed by atoms with van der Waals surface area (Å²) in [6.07, 6.45) is -2.62. The average molecular weight is 438 g/mol. The molecule has 0 spiro atoms. The van der Waals surface area contributed by atoms with Gasteiger partial charge in [0.25, 0.3) is 5.91 Å². The quantitative estimate of drug-likeness (QED) is 0.686. The van der Waals surface area contributed by atoms with Crippen LogP contribution in [0.2, 0.25) is 0 Å². The van der Waals surface area contributed by atoms with E-state index in [0.717, 1.165) is 11.6 Å². The van der Waals surface area contributed by atoms with Crippen molar-refractivity contribution in [3.05, 3.63) is 59.7 Å². The number of rotatable bonds is 6. The summed E-state index contributed by atoms with van der Waals surface area (Å²) in [6.45, 7) is 4.80. The fourth-order valence-electron chi connectivity index (χ4n) is 3.11. The highest BCUT2D eigenvalue weighted by atomic mass is 19.4. The van der Waals surface area contributed by atoms with Crippen molar-refractivity contribution in [1.82, 2.24) is 4.90 Å². The van der Waals surface area contributed by atoms with Crippen LogP contribution in [0.15, 0.2) is 48.5 Å². The van der Waals surface area contributed by atoms with E-state index in [2.05, 4.69) is 19.2 Å². The zero-order valence-electron chi connectivity index (χ0n) is 17.8. The Hall–Kier alpha value is -2.74. The first kappa shape index (κ1) is 24.5. The van der Waals surface area contributed by atoms with Crippen LogP contribution in [0, 0.1) is 0 Å². The smallest absolute Gasteiger partial charge is 0.418 e. The molecule has 2 aromatic carbocycles. The van der Waals surface area contributed by atoms with Crippen molar-refractivity contribution >= 4 is 11.6 Å². The van der Waals surface area contributed by atoms with E-state index in [9.17, 15) is 18.0 Å². The molecule has 0 saturated carbocycles. The van der Waals surface area contributed by atoms with Crippen LogP contribution in [0.25, 0.3) is 0 Å². The molecule has 170 valence electrons. The maximum atomic E-state index is 13.1. The van der Waals surface area contributed by atoms with Crippen LogP contribution >= 0.6 is 0 Å². The molecule has 2 N–H and O–H groups in total. The number of carbonyl (C=O) groups is 1. The van der Waals surface area contributed by atoms with Crippen LogP contribution < -0.4 is 10.1 Å². The topological polar surface area (TPSA) is 61.8 Å². The molecule has 8 heteroatoms. The van der Waals surface area contributed by atoms with Gasteiger partial charge in [-0.15, -0.1) is 0 Å². The number of ether oxygens (including phenoxy) is 1. The minimum absolute atomic E-state index is 0.0227. The van der Waals surface area contributed by atoms with E-state index in [4.69, 9.17) is 9.84 Å². The number of hydrogen-bond acceptors (Lipinski definition) is 4. The Labute approximate surface area is 180 Å². The van der Waals surface area contributed by atoms with E-state index < -0.39 is 11.7 Å². The van der Waals surface area contributed by atoms with Crippen LogP contribution in [-0.2, 0) is 17.6 Å². The van der Waals surface area contributed by atoms with Crippen LogP contribution in [0.1, 0.15) is 37.8 Å². The number of nitrogens with one attached hydrogen (secondary N) is 1. The van der Waals surface area contributed by atoms with E-state index in [1.54, 1.807) is 35.2 Å². The molecule has 0 aliphatic carbocycles. The van der Waals surface area contributed by atoms with Crippen molar-refractivity contribution in [3.63, 3.8) is 0 Å². The molecule has 1 saturated heterocycles. The number of anilines is 1. The highest BCUT2D eigenvalue weighted by Gasteiger charge is 2.34. The predicted octanol–water partition coefficient (Wildman–Crippen LogP) is 4.71. The summed E-state index contributed by atoms with van der Waals surface area (Å²) in [7, 11) is 0. The van der Waals surface area contributed by atoms with Gasteiger partial charge in [0.05, 0.1) is 12.2 Å². The fourth-order valence-corrected chi connectivity index (χ4v) is 3.11. The Balaban J connectivity index is 0.00000107. The molecule has 1 amide bonds. The van der Waals surface area contributed by atoms with Crippen LogP contribution in [0.3, 0.4) is 0 Å². The molecular weight excluding hydrogens is 409 g/mol. The molecule has 0 bridgehead atoms. The van der Waals surface area contributed by atoms with Crippen LogP contribution in [-0.4, -0.2) is 41.7 Å². The second-order valence-electron chi connectivity index (χ2n) is 7.31. The number of aliphatic hydroxyl groups excluding tert-OH is 1. The average Bonchev–Trinajstić information content (AvgIpc) is 3.21. The maximum Gasteiger partial charge on any atom is 0.418 e. The van der Waals surface area contributed by atoms with Crippen LogP contribution in [0.5, 0.6) is 5.75 Å². The first-order chi connectivity index (χ1) is 14.8. The lowest BCUT2D eigenvalue weighted by molar-refractivity contribution is -0.137. The maximum absolute atomic E-state index is 13.1. The lowest BCUT2D eigenvalue weighted by Gasteiger charge is -2.20. The molecule has 1 aliphatic heterocycles. The standard InChI is InChI=1S/C20H21F3N2O3.C3H8/c21-20(22,23)17-3-1-2-4-18(17)24-15-9-10-25(11-15)19(27)13-28-16-7-5-14(12-26)6-8-16;1-3-2/h1-8,15,24,26H,9-13H2;3H2,1-2H3. The third-order valence-electron chi connectivity index (χ3n) is 4.60. The SMILES string of the molecule is CCC.O=C(COc1ccc(CO)cc1)N1CCC(Nc2ccccc2C(F)(F)F)C1. The Morgan fingerprint density at radius 3 is 2.42 bits per heavy atom. The first-order valence-corrected chi connectivity index (χ1v) is 10.3. The zero-order chi connectivity index (χ0) is 22.9. The van der Waals surface area contributed by atoms with E-state index in [0.29, 0.717) is 25.3 Å². The second kappa shape index (κ2) is 11.6. The van der Waals surface area contributed by atoms with Crippen molar-refractivity contribution in [1.29, 1.82) is 0 Å². The second-order valence-corrected chi connectivity index (χ2v) is 7.31. The van der Waals surface area contributed by atoms with Crippen molar-refractivity contribution in [2.75, 3.05) is 25.0 Å². The third kappa shape index (κ3) is 7.47. The molecule has 1 atom stereocenters. The van der Waals surface area contributed by atoms with Gasteiger partial charge in [-0.05, 0) is 36.2 Å². The van der Waals surface area contributed by atoms with Gasteiger partial charge in [-0.1, -0.05) is 44.5 Å². The van der Waals surface area contributed by atoms with Gasteiger partial charge in [0.15, 0.2) is 6.61 Å². The van der Waals surface area contributed by atoms with E-state index in [-0.39, 0.29) is 30.9 Å². The Morgan fingerprint density at radius 1 is 1.16 bits per heavy atom. The summed E-state index contributed by atoms with van der Waals surface area (Å²) in [6, 6.07) is 11.8. The van der Waals surface area contributed by atoms with Crippen molar-refractivity contribution in [2.24, 2.45) is 0 Å². The highest BCUT2D eigenvalue weighted by molar-refractivity contribution is 5.78. The largest absolute Gasteiger partial charge is 0.484 e. The fraction of sp³-hybridized carbons (Fsp3) is 0.435. The van der Waals surface area contributed by atoms with Gasteiger partial charge in [-0.25, -0.2) is 0 Å². The van der Waals surface area contributed by atoms with Gasteiger partial charge in [0, 0.05) is 24.8 Å². The summed E-state index contributed by atoms with van der Waals surface area (Å²) < 4.78 is 44.8. The normalized spacial score (nSPS) is 15.8. The number of benzene rings is 2. The summed E-state index contributed by atoms with van der Waals surface area (Å²) in [5.41, 5.74) is 0.0511. The third-order valence-corrected chi connectivity index (χ3v) is 4.60. The van der Waals surface area contributed by atoms with Gasteiger partial charge >= 0.3 is 6.18 Å². The van der Waals surface area contributed by atoms with E-state index >= 15 is 0 Å². The van der Waals surface area contributed by atoms with Gasteiger partial charge in [-0.3, -0.25) is 4.79 Å². The number of carbonyl (C=O) groups excluding carboxylic acids is 1. The number of alkyl halides is 3. The monoisotopic (exact) mass is 438 g/mol. The Morgan fingerprint density at radius 2 is 1.81 bits per heavy atom. The Bertz CT molecular complexity index is 826. The van der Waals surface area contributed by atoms with E-state index in [1.807, 2.05) is 0 Å². The predicted molar refractivity (Wildman–Crippen MR) is 114 cm³/mol. The number of aliphatic hydroxyl groups is 1. The number of nitrogens with zero attached hydrogens (tertiary/aromatic N) is 1. The molecular formula is C23H29F3N2O3. The summed E-state index contributed by atoms with van der Waals surface area (Å²) in [5, 5.41) is 11.9. The van der Waals surface area contributed by atoms with Gasteiger partial charge in [0.1, 0.15) is 5.75 Å². The zero-order valence-corrected chi connectivity index (χ0v) is 17.8. The lowest BCUT2D eigenvalue weighted by atomic mass is 10.1. The van der Waals surface area contributed by atoms with Gasteiger partial charge < -0.3 is 20.1 Å². The first-order valence-electron chi connectivity index (χ1n) is 10.3. The summed E-state index contributed by atoms with van der Waals surface area (Å²) >= 11 is 0. The molecule has 31 heavy (non-hydrogen) atoms. The molecule has 0 aromatic heterocycles. The van der Waals surface area contributed by atoms with E-state index in [1.165, 1.54) is 18.6 Å². The molecule has 3 rings (SSSR count). The number of para-hydroxylation sites is 1. The number of hydrogen-bond donors (Lipinski definition) is 2. The number of amides is 1. The van der Waals surface area contributed by atoms with Gasteiger partial charge in [0.2, 0.25) is 0 Å². The molecule has 1 aliphatic rings. The minimum atomic E-state index is -4.43. The molecule has 2 aromatic rings. The summed E-state index contributed by atoms with van der Waals surface area (Å²) in [4.78, 5) is 13.9. The molecule has 1 fully saturated rings. The van der Waals surface area contributed by atoms with Crippen LogP contribution in [0.4, 0.5) is 18.9 Å². The minimum Gasteiger partial charge on any atom is -0.484 e. The number of likely N-dealkylation sites (tertiary alicyclic amines) is 1. The molecule has 1 heterocycles. The summed E-state index contributed by atoms with van der Waals surface area (Å²) in [5.74, 6) is 0.290. The van der Waals surface area contributed by atoms with Crippen molar-refractivity contribution in [2.45, 2.75) is 45.5 Å². The number of halogens is 3. The molecule has 1 unspecified atom stereocenters. The van der Waals surface area contributed by atoms with Gasteiger partial charge in [-0.2, -0.15) is 13.2 Å². The highest BCUT2D eigenvalue weighted by Crippen LogP contribution is 2.35. The van der Waals surface area contributed by atoms with Crippen molar-refractivity contribution in [3.8, 4) is 5.75 Å². The molecule has 0 radical (unpaired) electrons. The Kier molecular flexibility index (Phi) is 9.18. The lowest BCUT2D eigenvalue weighted by Crippen LogP contribution is -2.35. The molecule has 5 nitrogen and oxygen atoms in total.